The number of nitrogens with zero attached hydrogens (tertiary/aromatic N) is 3. The van der Waals surface area contributed by atoms with Gasteiger partial charge in [0.2, 0.25) is 0 Å². The van der Waals surface area contributed by atoms with Gasteiger partial charge in [-0.25, -0.2) is 4.79 Å². The number of amides is 1. The molecule has 2 rings (SSSR count). The zero-order chi connectivity index (χ0) is 14.9. The minimum atomic E-state index is -0.478. The summed E-state index contributed by atoms with van der Waals surface area (Å²) < 4.78 is 7.42. The molecule has 0 radical (unpaired) electrons. The molecule has 108 valence electrons. The second kappa shape index (κ2) is 5.15. The molecule has 0 spiro atoms. The molecule has 0 saturated carbocycles. The molecule has 0 N–H and O–H groups in total. The topological polar surface area (TPSA) is 47.4 Å². The number of aromatic nitrogens is 2. The van der Waals surface area contributed by atoms with Crippen LogP contribution in [0.2, 0.25) is 0 Å². The Hall–Kier alpha value is -2.04. The predicted octanol–water partition coefficient (Wildman–Crippen LogP) is 2.94. The van der Waals surface area contributed by atoms with Crippen molar-refractivity contribution in [2.45, 2.75) is 32.9 Å². The molecule has 0 aliphatic carbocycles. The maximum absolute atomic E-state index is 12.0. The summed E-state index contributed by atoms with van der Waals surface area (Å²) in [6.45, 7) is 6.09. The van der Waals surface area contributed by atoms with Gasteiger partial charge in [-0.1, -0.05) is 0 Å². The number of aryl methyl sites for hydroxylation is 1. The van der Waals surface area contributed by atoms with Gasteiger partial charge in [0.25, 0.3) is 0 Å². The summed E-state index contributed by atoms with van der Waals surface area (Å²) in [7, 11) is 3.73. The first-order chi connectivity index (χ1) is 9.28. The number of fused-ring (bicyclic) bond motifs is 1. The van der Waals surface area contributed by atoms with Crippen molar-refractivity contribution in [3.05, 3.63) is 30.2 Å². The van der Waals surface area contributed by atoms with E-state index in [9.17, 15) is 4.79 Å². The first-order valence-corrected chi connectivity index (χ1v) is 6.60. The monoisotopic (exact) mass is 275 g/mol. The fraction of sp³-hybridized carbons (Fsp3) is 0.467. The summed E-state index contributed by atoms with van der Waals surface area (Å²) in [6.07, 6.45) is 3.27. The van der Waals surface area contributed by atoms with Crippen molar-refractivity contribution in [3.8, 4) is 0 Å². The second-order valence-corrected chi connectivity index (χ2v) is 5.97. The van der Waals surface area contributed by atoms with Gasteiger partial charge in [-0.3, -0.25) is 4.98 Å². The average molecular weight is 275 g/mol. The lowest BCUT2D eigenvalue weighted by Gasteiger charge is -2.24. The highest BCUT2D eigenvalue weighted by Crippen LogP contribution is 2.19. The maximum Gasteiger partial charge on any atom is 0.410 e. The van der Waals surface area contributed by atoms with Gasteiger partial charge in [-0.15, -0.1) is 0 Å². The lowest BCUT2D eigenvalue weighted by Crippen LogP contribution is -2.34. The highest BCUT2D eigenvalue weighted by atomic mass is 16.6. The minimum Gasteiger partial charge on any atom is -0.444 e. The van der Waals surface area contributed by atoms with E-state index in [0.29, 0.717) is 6.54 Å². The zero-order valence-corrected chi connectivity index (χ0v) is 12.7. The lowest BCUT2D eigenvalue weighted by atomic mass is 10.2. The summed E-state index contributed by atoms with van der Waals surface area (Å²) in [5, 5.41) is 1.07. The number of carbonyl (C=O) groups excluding carboxylic acids is 1. The van der Waals surface area contributed by atoms with Gasteiger partial charge < -0.3 is 14.2 Å². The van der Waals surface area contributed by atoms with Gasteiger partial charge in [0.05, 0.1) is 12.1 Å². The van der Waals surface area contributed by atoms with Gasteiger partial charge in [0, 0.05) is 37.6 Å². The third kappa shape index (κ3) is 3.10. The maximum atomic E-state index is 12.0. The number of carbonyl (C=O) groups is 1. The second-order valence-electron chi connectivity index (χ2n) is 5.97. The molecule has 0 aromatic carbocycles. The summed E-state index contributed by atoms with van der Waals surface area (Å²) in [6, 6.07) is 4.01. The lowest BCUT2D eigenvalue weighted by molar-refractivity contribution is 0.0282. The largest absolute Gasteiger partial charge is 0.444 e. The molecule has 5 heteroatoms. The average Bonchev–Trinajstić information content (AvgIpc) is 2.65. The Morgan fingerprint density at radius 3 is 2.75 bits per heavy atom. The standard InChI is InChI=1S/C15H21N3O2/c1-15(2,3)20-14(19)17(4)10-12-8-11-9-16-7-6-13(11)18(12)5/h6-9H,10H2,1-5H3. The number of hydrogen-bond donors (Lipinski definition) is 0. The number of ether oxygens (including phenoxy) is 1. The third-order valence-electron chi connectivity index (χ3n) is 3.05. The molecule has 5 nitrogen and oxygen atoms in total. The molecule has 2 aromatic heterocycles. The molecule has 2 heterocycles. The molecular formula is C15H21N3O2. The van der Waals surface area contributed by atoms with Gasteiger partial charge in [0.15, 0.2) is 0 Å². The first-order valence-electron chi connectivity index (χ1n) is 6.60. The molecule has 0 bridgehead atoms. The Morgan fingerprint density at radius 2 is 2.15 bits per heavy atom. The van der Waals surface area contributed by atoms with Crippen LogP contribution in [0.3, 0.4) is 0 Å². The van der Waals surface area contributed by atoms with Gasteiger partial charge in [-0.2, -0.15) is 0 Å². The molecular weight excluding hydrogens is 254 g/mol. The first kappa shape index (κ1) is 14.4. The van der Waals surface area contributed by atoms with Crippen molar-refractivity contribution in [1.29, 1.82) is 0 Å². The SMILES string of the molecule is CN(Cc1cc2cnccc2n1C)C(=O)OC(C)(C)C. The number of rotatable bonds is 2. The Morgan fingerprint density at radius 1 is 1.45 bits per heavy atom. The van der Waals surface area contributed by atoms with Crippen molar-refractivity contribution in [1.82, 2.24) is 14.5 Å². The van der Waals surface area contributed by atoms with E-state index >= 15 is 0 Å². The van der Waals surface area contributed by atoms with Crippen LogP contribution in [0.5, 0.6) is 0 Å². The molecule has 0 atom stereocenters. The molecule has 0 fully saturated rings. The fourth-order valence-corrected chi connectivity index (χ4v) is 2.05. The van der Waals surface area contributed by atoms with E-state index in [1.807, 2.05) is 46.1 Å². The normalized spacial score (nSPS) is 11.7. The number of pyridine rings is 1. The Kier molecular flexibility index (Phi) is 3.70. The van der Waals surface area contributed by atoms with E-state index in [1.54, 1.807) is 18.1 Å². The molecule has 0 saturated heterocycles. The Bertz CT molecular complexity index is 626. The molecule has 0 unspecified atom stereocenters. The number of hydrogen-bond acceptors (Lipinski definition) is 3. The van der Waals surface area contributed by atoms with Crippen LogP contribution >= 0.6 is 0 Å². The van der Waals surface area contributed by atoms with Crippen LogP contribution < -0.4 is 0 Å². The van der Waals surface area contributed by atoms with Crippen molar-refractivity contribution < 1.29 is 9.53 Å². The van der Waals surface area contributed by atoms with E-state index in [1.165, 1.54) is 0 Å². The van der Waals surface area contributed by atoms with Crippen LogP contribution in [0, 0.1) is 0 Å². The Balaban J connectivity index is 2.16. The summed E-state index contributed by atoms with van der Waals surface area (Å²) in [5.41, 5.74) is 1.67. The van der Waals surface area contributed by atoms with Crippen LogP contribution in [0.4, 0.5) is 4.79 Å². The van der Waals surface area contributed by atoms with Crippen molar-refractivity contribution in [3.63, 3.8) is 0 Å². The smallest absolute Gasteiger partial charge is 0.410 e. The zero-order valence-electron chi connectivity index (χ0n) is 12.7. The van der Waals surface area contributed by atoms with Gasteiger partial charge in [0.1, 0.15) is 5.60 Å². The highest BCUT2D eigenvalue weighted by Gasteiger charge is 2.20. The summed E-state index contributed by atoms with van der Waals surface area (Å²) in [4.78, 5) is 17.7. The Labute approximate surface area is 119 Å². The summed E-state index contributed by atoms with van der Waals surface area (Å²) in [5.74, 6) is 0. The van der Waals surface area contributed by atoms with Crippen molar-refractivity contribution in [2.24, 2.45) is 7.05 Å². The van der Waals surface area contributed by atoms with Crippen LogP contribution in [-0.2, 0) is 18.3 Å². The van der Waals surface area contributed by atoms with Gasteiger partial charge >= 0.3 is 6.09 Å². The summed E-state index contributed by atoms with van der Waals surface area (Å²) >= 11 is 0. The predicted molar refractivity (Wildman–Crippen MR) is 78.4 cm³/mol. The highest BCUT2D eigenvalue weighted by molar-refractivity contribution is 5.80. The van der Waals surface area contributed by atoms with Crippen LogP contribution in [-0.4, -0.2) is 33.2 Å². The van der Waals surface area contributed by atoms with Crippen molar-refractivity contribution in [2.75, 3.05) is 7.05 Å². The van der Waals surface area contributed by atoms with E-state index in [-0.39, 0.29) is 6.09 Å². The molecule has 0 aliphatic rings. The molecule has 0 aliphatic heterocycles. The minimum absolute atomic E-state index is 0.319. The van der Waals surface area contributed by atoms with Crippen molar-refractivity contribution >= 4 is 17.0 Å². The van der Waals surface area contributed by atoms with E-state index < -0.39 is 5.60 Å². The quantitative estimate of drug-likeness (QED) is 0.846. The van der Waals surface area contributed by atoms with Crippen LogP contribution in [0.25, 0.3) is 10.9 Å². The van der Waals surface area contributed by atoms with Crippen LogP contribution in [0.1, 0.15) is 26.5 Å². The fourth-order valence-electron chi connectivity index (χ4n) is 2.05. The van der Waals surface area contributed by atoms with Crippen LogP contribution in [0.15, 0.2) is 24.5 Å². The van der Waals surface area contributed by atoms with Gasteiger partial charge in [-0.05, 0) is 32.9 Å². The molecule has 2 aromatic rings. The van der Waals surface area contributed by atoms with E-state index in [4.69, 9.17) is 4.74 Å². The van der Waals surface area contributed by atoms with E-state index in [2.05, 4.69) is 9.55 Å². The molecule has 1 amide bonds. The third-order valence-corrected chi connectivity index (χ3v) is 3.05. The molecule has 20 heavy (non-hydrogen) atoms. The van der Waals surface area contributed by atoms with E-state index in [0.717, 1.165) is 16.6 Å².